The Morgan fingerprint density at radius 3 is 1.75 bits per heavy atom. The summed E-state index contributed by atoms with van der Waals surface area (Å²) in [7, 11) is -2.69. The first-order valence-corrected chi connectivity index (χ1v) is 9.13. The Bertz CT molecular complexity index is 400. The van der Waals surface area contributed by atoms with Gasteiger partial charge in [0.15, 0.2) is 0 Å². The summed E-state index contributed by atoms with van der Waals surface area (Å²) in [5, 5.41) is 3.32. The minimum atomic E-state index is -2.69. The molecule has 114 valence electrons. The number of nitrogens with one attached hydrogen (secondary N) is 1. The van der Waals surface area contributed by atoms with Crippen molar-refractivity contribution < 1.29 is 4.57 Å². The van der Waals surface area contributed by atoms with Gasteiger partial charge in [-0.2, -0.15) is 0 Å². The van der Waals surface area contributed by atoms with E-state index in [2.05, 4.69) is 44.9 Å². The average molecular weight is 297 g/mol. The van der Waals surface area contributed by atoms with Crippen molar-refractivity contribution in [2.24, 2.45) is 0 Å². The number of hydrogen-bond acceptors (Lipinski definition) is 1. The van der Waals surface area contributed by atoms with Crippen molar-refractivity contribution in [2.45, 2.75) is 34.2 Å². The molecule has 0 aliphatic heterocycles. The summed E-state index contributed by atoms with van der Waals surface area (Å²) in [5.74, 6) is 0. The van der Waals surface area contributed by atoms with Crippen molar-refractivity contribution in [2.75, 3.05) is 26.2 Å². The van der Waals surface area contributed by atoms with Crippen LogP contribution in [-0.2, 0) is 11.1 Å². The lowest BCUT2D eigenvalue weighted by atomic mass is 10.2. The van der Waals surface area contributed by atoms with Crippen LogP contribution in [0.15, 0.2) is 30.3 Å². The molecule has 0 saturated carbocycles. The highest BCUT2D eigenvalue weighted by Gasteiger charge is 2.33. The van der Waals surface area contributed by atoms with Crippen molar-refractivity contribution in [1.29, 1.82) is 0 Å². The zero-order valence-electron chi connectivity index (χ0n) is 13.2. The van der Waals surface area contributed by atoms with Crippen LogP contribution in [0.1, 0.15) is 33.3 Å². The van der Waals surface area contributed by atoms with E-state index in [1.54, 1.807) is 0 Å². The number of hydrogen-bond donors (Lipinski definition) is 1. The van der Waals surface area contributed by atoms with Crippen LogP contribution >= 0.6 is 7.59 Å². The summed E-state index contributed by atoms with van der Waals surface area (Å²) in [5.41, 5.74) is 1.16. The average Bonchev–Trinajstić information content (AvgIpc) is 2.49. The fourth-order valence-electron chi connectivity index (χ4n) is 2.38. The van der Waals surface area contributed by atoms with E-state index in [-0.39, 0.29) is 0 Å². The molecule has 0 bridgehead atoms. The van der Waals surface area contributed by atoms with E-state index in [1.165, 1.54) is 0 Å². The van der Waals surface area contributed by atoms with Crippen LogP contribution in [0.5, 0.6) is 0 Å². The molecular formula is C15H28N3OP. The molecule has 1 aromatic rings. The maximum absolute atomic E-state index is 13.5. The third kappa shape index (κ3) is 4.16. The van der Waals surface area contributed by atoms with Crippen LogP contribution in [0.3, 0.4) is 0 Å². The normalized spacial score (nSPS) is 12.3. The minimum absolute atomic E-state index is 0.630. The van der Waals surface area contributed by atoms with Crippen molar-refractivity contribution in [3.05, 3.63) is 35.9 Å². The molecule has 1 rings (SSSR count). The summed E-state index contributed by atoms with van der Waals surface area (Å²) in [4.78, 5) is 0. The number of rotatable bonds is 9. The second-order valence-electron chi connectivity index (χ2n) is 4.64. The molecule has 0 unspecified atom stereocenters. The maximum atomic E-state index is 13.5. The van der Waals surface area contributed by atoms with Gasteiger partial charge in [0, 0.05) is 32.7 Å². The summed E-state index contributed by atoms with van der Waals surface area (Å²) in [6, 6.07) is 10.1. The summed E-state index contributed by atoms with van der Waals surface area (Å²) < 4.78 is 17.5. The third-order valence-electron chi connectivity index (χ3n) is 3.56. The Morgan fingerprint density at radius 1 is 0.900 bits per heavy atom. The third-order valence-corrected chi connectivity index (χ3v) is 6.79. The Kier molecular flexibility index (Phi) is 7.46. The van der Waals surface area contributed by atoms with E-state index < -0.39 is 7.59 Å². The highest BCUT2D eigenvalue weighted by Crippen LogP contribution is 2.48. The summed E-state index contributed by atoms with van der Waals surface area (Å²) >= 11 is 0. The molecule has 20 heavy (non-hydrogen) atoms. The highest BCUT2D eigenvalue weighted by atomic mass is 31.2. The largest absolute Gasteiger partial charge is 0.284 e. The van der Waals surface area contributed by atoms with Crippen LogP contribution < -0.4 is 5.09 Å². The van der Waals surface area contributed by atoms with Crippen LogP contribution in [-0.4, -0.2) is 35.5 Å². The van der Waals surface area contributed by atoms with Crippen LogP contribution in [0, 0.1) is 0 Å². The fraction of sp³-hybridized carbons (Fsp3) is 0.600. The molecule has 0 aromatic heterocycles. The molecule has 1 aromatic carbocycles. The number of nitrogens with zero attached hydrogens (tertiary/aromatic N) is 2. The van der Waals surface area contributed by atoms with E-state index in [0.717, 1.165) is 31.7 Å². The van der Waals surface area contributed by atoms with Crippen molar-refractivity contribution in [3.63, 3.8) is 0 Å². The standard InChI is InChI=1S/C15H28N3OP/c1-5-17(6-2)20(19,18(7-3)8-4)16-14-15-12-10-9-11-13-15/h9-13H,5-8,14H2,1-4H3,(H,16,19). The van der Waals surface area contributed by atoms with Gasteiger partial charge in [0.05, 0.1) is 0 Å². The van der Waals surface area contributed by atoms with Gasteiger partial charge in [0.25, 0.3) is 7.59 Å². The first kappa shape index (κ1) is 17.4. The molecule has 1 N–H and O–H groups in total. The highest BCUT2D eigenvalue weighted by molar-refractivity contribution is 7.56. The van der Waals surface area contributed by atoms with Gasteiger partial charge in [-0.3, -0.25) is 4.57 Å². The number of benzene rings is 1. The Balaban J connectivity index is 2.90. The SMILES string of the molecule is CCN(CC)P(=O)(NCc1ccccc1)N(CC)CC. The Morgan fingerprint density at radius 2 is 1.35 bits per heavy atom. The van der Waals surface area contributed by atoms with Gasteiger partial charge < -0.3 is 0 Å². The van der Waals surface area contributed by atoms with Crippen LogP contribution in [0.4, 0.5) is 0 Å². The van der Waals surface area contributed by atoms with Crippen LogP contribution in [0.25, 0.3) is 0 Å². The molecule has 0 aliphatic carbocycles. The van der Waals surface area contributed by atoms with Gasteiger partial charge in [-0.05, 0) is 5.56 Å². The molecule has 0 radical (unpaired) electrons. The smallest absolute Gasteiger partial charge is 0.270 e. The molecule has 0 atom stereocenters. The fourth-order valence-corrected chi connectivity index (χ4v) is 5.06. The predicted molar refractivity (Wildman–Crippen MR) is 86.7 cm³/mol. The lowest BCUT2D eigenvalue weighted by molar-refractivity contribution is 0.347. The lowest BCUT2D eigenvalue weighted by Gasteiger charge is -2.37. The van der Waals surface area contributed by atoms with Gasteiger partial charge in [-0.15, -0.1) is 0 Å². The van der Waals surface area contributed by atoms with Gasteiger partial charge in [-0.1, -0.05) is 58.0 Å². The van der Waals surface area contributed by atoms with E-state index in [9.17, 15) is 4.57 Å². The molecule has 0 amide bonds. The van der Waals surface area contributed by atoms with E-state index in [4.69, 9.17) is 0 Å². The molecule has 0 fully saturated rings. The minimum Gasteiger partial charge on any atom is -0.270 e. The zero-order chi connectivity index (χ0) is 15.0. The van der Waals surface area contributed by atoms with Crippen molar-refractivity contribution in [3.8, 4) is 0 Å². The molecule has 0 saturated heterocycles. The van der Waals surface area contributed by atoms with Crippen molar-refractivity contribution in [1.82, 2.24) is 14.4 Å². The second-order valence-corrected chi connectivity index (χ2v) is 7.18. The molecule has 0 aliphatic rings. The van der Waals surface area contributed by atoms with Gasteiger partial charge >= 0.3 is 0 Å². The topological polar surface area (TPSA) is 35.6 Å². The van der Waals surface area contributed by atoms with Gasteiger partial charge in [0.1, 0.15) is 0 Å². The zero-order valence-corrected chi connectivity index (χ0v) is 14.1. The van der Waals surface area contributed by atoms with Gasteiger partial charge in [-0.25, -0.2) is 14.4 Å². The first-order chi connectivity index (χ1) is 9.62. The molecular weight excluding hydrogens is 269 g/mol. The van der Waals surface area contributed by atoms with Crippen LogP contribution in [0.2, 0.25) is 0 Å². The van der Waals surface area contributed by atoms with E-state index in [1.807, 2.05) is 27.5 Å². The van der Waals surface area contributed by atoms with E-state index in [0.29, 0.717) is 6.54 Å². The maximum Gasteiger partial charge on any atom is 0.284 e. The molecule has 0 spiro atoms. The van der Waals surface area contributed by atoms with E-state index >= 15 is 0 Å². The quantitative estimate of drug-likeness (QED) is 0.707. The second kappa shape index (κ2) is 8.58. The predicted octanol–water partition coefficient (Wildman–Crippen LogP) is 3.57. The first-order valence-electron chi connectivity index (χ1n) is 7.52. The summed E-state index contributed by atoms with van der Waals surface area (Å²) in [6.07, 6.45) is 0. The molecule has 0 heterocycles. The molecule has 4 nitrogen and oxygen atoms in total. The van der Waals surface area contributed by atoms with Gasteiger partial charge in [0.2, 0.25) is 0 Å². The lowest BCUT2D eigenvalue weighted by Crippen LogP contribution is -2.38. The molecule has 5 heteroatoms. The Hall–Kier alpha value is -0.670. The van der Waals surface area contributed by atoms with Crippen molar-refractivity contribution >= 4 is 7.59 Å². The summed E-state index contributed by atoms with van der Waals surface area (Å²) in [6.45, 7) is 12.0. The monoisotopic (exact) mass is 297 g/mol. The Labute approximate surface area is 123 Å².